The van der Waals surface area contributed by atoms with E-state index in [1.54, 1.807) is 0 Å². The molecule has 3 aliphatic heterocycles. The van der Waals surface area contributed by atoms with Gasteiger partial charge in [0.15, 0.2) is 12.6 Å². The fourth-order valence-corrected chi connectivity index (χ4v) is 14.3. The molecule has 3 heterocycles. The summed E-state index contributed by atoms with van der Waals surface area (Å²) in [4.78, 5) is 0. The van der Waals surface area contributed by atoms with E-state index < -0.39 is 91.2 Å². The maximum Gasteiger partial charge on any atom is 0.187 e. The lowest BCUT2D eigenvalue weighted by atomic mass is 9.32. The first-order valence-electron chi connectivity index (χ1n) is 20.9. The zero-order chi connectivity index (χ0) is 39.9. The molecule has 0 amide bonds. The first-order valence-corrected chi connectivity index (χ1v) is 20.9. The fourth-order valence-electron chi connectivity index (χ4n) is 14.3. The second kappa shape index (κ2) is 13.4. The van der Waals surface area contributed by atoms with E-state index in [0.717, 1.165) is 38.5 Å². The zero-order valence-electron chi connectivity index (χ0n) is 33.7. The number of fused-ring (bicyclic) bond motifs is 4. The molecule has 7 fully saturated rings. The van der Waals surface area contributed by atoms with Gasteiger partial charge in [-0.15, -0.1) is 0 Å². The van der Waals surface area contributed by atoms with Gasteiger partial charge in [-0.05, 0) is 86.4 Å². The van der Waals surface area contributed by atoms with Crippen LogP contribution in [-0.2, 0) is 23.7 Å². The highest BCUT2D eigenvalue weighted by atomic mass is 16.7. The van der Waals surface area contributed by atoms with Crippen LogP contribution < -0.4 is 0 Å². The Morgan fingerprint density at radius 2 is 1.44 bits per heavy atom. The van der Waals surface area contributed by atoms with Crippen molar-refractivity contribution in [2.45, 2.75) is 179 Å². The van der Waals surface area contributed by atoms with Gasteiger partial charge in [0.25, 0.3) is 0 Å². The maximum atomic E-state index is 12.1. The van der Waals surface area contributed by atoms with Gasteiger partial charge in [0.1, 0.15) is 42.7 Å². The lowest BCUT2D eigenvalue weighted by molar-refractivity contribution is -0.368. The molecular formula is C42H68O13. The average molecular weight is 781 g/mol. The van der Waals surface area contributed by atoms with Crippen molar-refractivity contribution in [3.8, 4) is 0 Å². The van der Waals surface area contributed by atoms with Crippen LogP contribution in [0.3, 0.4) is 0 Å². The van der Waals surface area contributed by atoms with Crippen molar-refractivity contribution < 1.29 is 64.5 Å². The number of aliphatic hydroxyl groups is 8. The van der Waals surface area contributed by atoms with Gasteiger partial charge in [-0.1, -0.05) is 53.7 Å². The van der Waals surface area contributed by atoms with Crippen molar-refractivity contribution >= 4 is 0 Å². The van der Waals surface area contributed by atoms with Crippen molar-refractivity contribution in [1.82, 2.24) is 0 Å². The number of rotatable bonds is 6. The summed E-state index contributed by atoms with van der Waals surface area (Å²) in [5, 5.41) is 87.5. The number of hydrogen-bond donors (Lipinski definition) is 8. The van der Waals surface area contributed by atoms with Gasteiger partial charge in [0.2, 0.25) is 0 Å². The predicted molar refractivity (Wildman–Crippen MR) is 197 cm³/mol. The van der Waals surface area contributed by atoms with Crippen LogP contribution in [0.2, 0.25) is 0 Å². The summed E-state index contributed by atoms with van der Waals surface area (Å²) >= 11 is 0. The van der Waals surface area contributed by atoms with Gasteiger partial charge >= 0.3 is 0 Å². The molecule has 55 heavy (non-hydrogen) atoms. The lowest BCUT2D eigenvalue weighted by Gasteiger charge is -2.73. The van der Waals surface area contributed by atoms with Crippen LogP contribution in [-0.4, -0.2) is 140 Å². The molecule has 0 aromatic carbocycles. The van der Waals surface area contributed by atoms with E-state index in [1.807, 2.05) is 6.92 Å². The lowest BCUT2D eigenvalue weighted by Crippen LogP contribution is -2.72. The van der Waals surface area contributed by atoms with Crippen molar-refractivity contribution in [3.63, 3.8) is 0 Å². The van der Waals surface area contributed by atoms with Crippen LogP contribution in [0.5, 0.6) is 0 Å². The predicted octanol–water partition coefficient (Wildman–Crippen LogP) is 1.78. The molecule has 1 spiro atoms. The molecule has 0 aromatic rings. The molecule has 3 saturated heterocycles. The Morgan fingerprint density at radius 1 is 0.727 bits per heavy atom. The first kappa shape index (κ1) is 41.0. The number of aliphatic hydroxyl groups excluding tert-OH is 8. The molecule has 4 saturated carbocycles. The van der Waals surface area contributed by atoms with Crippen LogP contribution in [0.4, 0.5) is 0 Å². The highest BCUT2D eigenvalue weighted by Gasteiger charge is 2.79. The largest absolute Gasteiger partial charge is 0.396 e. The van der Waals surface area contributed by atoms with Crippen molar-refractivity contribution in [1.29, 1.82) is 0 Å². The van der Waals surface area contributed by atoms with Crippen molar-refractivity contribution in [3.05, 3.63) is 12.2 Å². The molecule has 8 rings (SSSR count). The third kappa shape index (κ3) is 5.44. The van der Waals surface area contributed by atoms with E-state index >= 15 is 0 Å². The molecule has 314 valence electrons. The second-order valence-corrected chi connectivity index (χ2v) is 21.0. The SMILES string of the molecule is C[C@H]1O[C@@H](O[C@H]2[C@@H](O)[C@@H](CO)O[C@@H](O[C@@H]3CC[C@@]4(C)C(CC[C@]5(C)C4C=CC46OC[C@@]7(CCC(C)(C)C[C@H]47)[C@@H](O)C[C@]65C)[C@@]3(C)CO)[C@@H]2O)[C@H](O)[C@@H](O)[C@@H]1O. The van der Waals surface area contributed by atoms with E-state index in [9.17, 15) is 40.9 Å². The third-order valence-electron chi connectivity index (χ3n) is 17.9. The van der Waals surface area contributed by atoms with E-state index in [0.29, 0.717) is 19.4 Å². The minimum Gasteiger partial charge on any atom is -0.396 e. The van der Waals surface area contributed by atoms with Crippen molar-refractivity contribution in [2.75, 3.05) is 19.8 Å². The number of ether oxygens (including phenoxy) is 5. The monoisotopic (exact) mass is 780 g/mol. The molecular weight excluding hydrogens is 712 g/mol. The molecule has 2 bridgehead atoms. The third-order valence-corrected chi connectivity index (χ3v) is 17.9. The van der Waals surface area contributed by atoms with Crippen LogP contribution >= 0.6 is 0 Å². The van der Waals surface area contributed by atoms with E-state index in [2.05, 4.69) is 46.8 Å². The quantitative estimate of drug-likeness (QED) is 0.143. The fraction of sp³-hybridized carbons (Fsp3) is 0.952. The van der Waals surface area contributed by atoms with Gasteiger partial charge in [-0.3, -0.25) is 0 Å². The second-order valence-electron chi connectivity index (χ2n) is 21.0. The van der Waals surface area contributed by atoms with Gasteiger partial charge < -0.3 is 64.5 Å². The first-order chi connectivity index (χ1) is 25.7. The van der Waals surface area contributed by atoms with Gasteiger partial charge in [-0.25, -0.2) is 0 Å². The molecule has 13 nitrogen and oxygen atoms in total. The van der Waals surface area contributed by atoms with E-state index in [1.165, 1.54) is 6.92 Å². The molecule has 21 atom stereocenters. The summed E-state index contributed by atoms with van der Waals surface area (Å²) in [7, 11) is 0. The highest BCUT2D eigenvalue weighted by molar-refractivity contribution is 5.36. The summed E-state index contributed by atoms with van der Waals surface area (Å²) in [5.41, 5.74) is -2.00. The average Bonchev–Trinajstić information content (AvgIpc) is 3.41. The number of allylic oxidation sites excluding steroid dienone is 1. The molecule has 8 N–H and O–H groups in total. The smallest absolute Gasteiger partial charge is 0.187 e. The normalized spacial score (nSPS) is 59.7. The van der Waals surface area contributed by atoms with Crippen molar-refractivity contribution in [2.24, 2.45) is 50.2 Å². The molecule has 13 heteroatoms. The summed E-state index contributed by atoms with van der Waals surface area (Å²) in [5.74, 6) is 0.401. The summed E-state index contributed by atoms with van der Waals surface area (Å²) < 4.78 is 31.2. The van der Waals surface area contributed by atoms with Gasteiger partial charge in [0.05, 0.1) is 43.7 Å². The Hall–Kier alpha value is -0.780. The summed E-state index contributed by atoms with van der Waals surface area (Å²) in [6, 6.07) is 0. The Balaban J connectivity index is 1.06. The standard InChI is InChI=1S/C42H68O13/c1-21-28(46)30(48)31(49)34(52-21)55-33-29(47)22(18-43)53-35(32(33)50)54-27-10-11-37(4)23(38(27,5)19-44)8-12-39(6)24(37)9-13-42-25-16-36(2,3)14-15-41(25,20-51-42)26(45)17-40(39,42)7/h9,13,21-35,43-50H,8,10-12,14-20H2,1-7H3/t21-,22-,23?,24?,25+,26+,27-,28-,29+,30+,31-,32-,33+,34+,35+,37+,38-,39-,40+,41-,42?/m1/s1. The maximum absolute atomic E-state index is 12.1. The minimum absolute atomic E-state index is 0.0158. The number of hydrogen-bond acceptors (Lipinski definition) is 13. The topological polar surface area (TPSA) is 208 Å². The summed E-state index contributed by atoms with van der Waals surface area (Å²) in [6.45, 7) is 15.2. The molecule has 0 aromatic heterocycles. The highest BCUT2D eigenvalue weighted by Crippen LogP contribution is 2.79. The summed E-state index contributed by atoms with van der Waals surface area (Å²) in [6.07, 6.45) is -3.55. The Kier molecular flexibility index (Phi) is 9.95. The van der Waals surface area contributed by atoms with Crippen LogP contribution in [0.15, 0.2) is 12.2 Å². The van der Waals surface area contributed by atoms with E-state index in [-0.39, 0.29) is 51.4 Å². The van der Waals surface area contributed by atoms with Gasteiger partial charge in [-0.2, -0.15) is 0 Å². The van der Waals surface area contributed by atoms with Crippen LogP contribution in [0.25, 0.3) is 0 Å². The molecule has 0 radical (unpaired) electrons. The molecule has 8 aliphatic rings. The Morgan fingerprint density at radius 3 is 2.13 bits per heavy atom. The van der Waals surface area contributed by atoms with Gasteiger partial charge in [0, 0.05) is 22.2 Å². The zero-order valence-corrected chi connectivity index (χ0v) is 33.7. The van der Waals surface area contributed by atoms with E-state index in [4.69, 9.17) is 23.7 Å². The van der Waals surface area contributed by atoms with Crippen LogP contribution in [0.1, 0.15) is 99.8 Å². The molecule has 3 unspecified atom stereocenters. The molecule has 5 aliphatic carbocycles. The Bertz CT molecular complexity index is 1490. The Labute approximate surface area is 325 Å². The van der Waals surface area contributed by atoms with Crippen LogP contribution in [0, 0.1) is 50.2 Å². The minimum atomic E-state index is -1.67.